The summed E-state index contributed by atoms with van der Waals surface area (Å²) in [6.45, 7) is 2.16. The number of aliphatic hydroxyl groups is 1. The van der Waals surface area contributed by atoms with Crippen molar-refractivity contribution in [3.8, 4) is 5.75 Å². The summed E-state index contributed by atoms with van der Waals surface area (Å²) in [5.74, 6) is 0.238. The van der Waals surface area contributed by atoms with E-state index in [0.29, 0.717) is 24.2 Å². The van der Waals surface area contributed by atoms with Gasteiger partial charge in [-0.15, -0.1) is 0 Å². The van der Waals surface area contributed by atoms with Crippen molar-refractivity contribution in [1.82, 2.24) is 5.32 Å². The third-order valence-corrected chi connectivity index (χ3v) is 4.07. The molecular formula is C13H18BrNO3. The monoisotopic (exact) mass is 315 g/mol. The maximum absolute atomic E-state index is 9.55. The number of aromatic hydroxyl groups is 1. The Hall–Kier alpha value is -0.620. The van der Waals surface area contributed by atoms with E-state index in [4.69, 9.17) is 4.74 Å². The van der Waals surface area contributed by atoms with E-state index in [9.17, 15) is 10.2 Å². The highest BCUT2D eigenvalue weighted by Gasteiger charge is 2.31. The Kier molecular flexibility index (Phi) is 4.61. The number of halogens is 1. The van der Waals surface area contributed by atoms with Crippen LogP contribution >= 0.6 is 15.9 Å². The molecule has 1 saturated heterocycles. The normalized spacial score (nSPS) is 18.8. The van der Waals surface area contributed by atoms with Crippen LogP contribution in [0.5, 0.6) is 5.75 Å². The van der Waals surface area contributed by atoms with Gasteiger partial charge in [-0.25, -0.2) is 0 Å². The van der Waals surface area contributed by atoms with E-state index in [1.165, 1.54) is 0 Å². The molecular weight excluding hydrogens is 298 g/mol. The molecule has 1 fully saturated rings. The van der Waals surface area contributed by atoms with Gasteiger partial charge in [0, 0.05) is 25.3 Å². The van der Waals surface area contributed by atoms with E-state index in [-0.39, 0.29) is 17.9 Å². The van der Waals surface area contributed by atoms with Crippen molar-refractivity contribution in [2.24, 2.45) is 0 Å². The van der Waals surface area contributed by atoms with Gasteiger partial charge in [0.1, 0.15) is 5.75 Å². The number of nitrogens with one attached hydrogen (secondary N) is 1. The highest BCUT2D eigenvalue weighted by atomic mass is 79.9. The molecule has 18 heavy (non-hydrogen) atoms. The Morgan fingerprint density at radius 2 is 2.06 bits per heavy atom. The van der Waals surface area contributed by atoms with E-state index >= 15 is 0 Å². The Morgan fingerprint density at radius 1 is 1.33 bits per heavy atom. The van der Waals surface area contributed by atoms with Crippen LogP contribution in [-0.4, -0.2) is 35.6 Å². The zero-order valence-electron chi connectivity index (χ0n) is 10.2. The van der Waals surface area contributed by atoms with Crippen molar-refractivity contribution in [2.45, 2.75) is 24.9 Å². The number of rotatable bonds is 4. The maximum Gasteiger partial charge on any atom is 0.129 e. The molecule has 2 rings (SSSR count). The zero-order chi connectivity index (χ0) is 13.0. The average Bonchev–Trinajstić information content (AvgIpc) is 2.41. The molecule has 1 aromatic rings. The van der Waals surface area contributed by atoms with Crippen molar-refractivity contribution in [3.63, 3.8) is 0 Å². The van der Waals surface area contributed by atoms with E-state index in [1.54, 1.807) is 6.07 Å². The molecule has 0 aromatic heterocycles. The number of ether oxygens (including phenoxy) is 1. The number of phenols is 1. The molecule has 1 aromatic carbocycles. The Balaban J connectivity index is 1.98. The SMILES string of the molecule is OCC1(NCc2ccc(O)c(Br)c2)CCOCC1. The Labute approximate surface area is 115 Å². The fourth-order valence-electron chi connectivity index (χ4n) is 2.10. The second-order valence-electron chi connectivity index (χ2n) is 4.69. The molecule has 0 unspecified atom stereocenters. The van der Waals surface area contributed by atoms with Crippen molar-refractivity contribution in [2.75, 3.05) is 19.8 Å². The van der Waals surface area contributed by atoms with Crippen molar-refractivity contribution < 1.29 is 14.9 Å². The number of aliphatic hydroxyl groups excluding tert-OH is 1. The predicted octanol–water partition coefficient (Wildman–Crippen LogP) is 1.79. The molecule has 5 heteroatoms. The largest absolute Gasteiger partial charge is 0.507 e. The van der Waals surface area contributed by atoms with Gasteiger partial charge >= 0.3 is 0 Å². The van der Waals surface area contributed by atoms with Gasteiger partial charge in [0.25, 0.3) is 0 Å². The summed E-state index contributed by atoms with van der Waals surface area (Å²) in [5.41, 5.74) is 0.835. The highest BCUT2D eigenvalue weighted by Crippen LogP contribution is 2.25. The topological polar surface area (TPSA) is 61.7 Å². The first-order valence-electron chi connectivity index (χ1n) is 6.06. The lowest BCUT2D eigenvalue weighted by Gasteiger charge is -2.36. The molecule has 0 bridgehead atoms. The van der Waals surface area contributed by atoms with Gasteiger partial charge in [-0.2, -0.15) is 0 Å². The Morgan fingerprint density at radius 3 is 2.67 bits per heavy atom. The standard InChI is InChI=1S/C13H18BrNO3/c14-11-7-10(1-2-12(11)17)8-15-13(9-16)3-5-18-6-4-13/h1-2,7,15-17H,3-6,8-9H2. The minimum absolute atomic E-state index is 0.121. The third-order valence-electron chi connectivity index (χ3n) is 3.43. The first-order valence-corrected chi connectivity index (χ1v) is 6.85. The summed E-state index contributed by atoms with van der Waals surface area (Å²) in [7, 11) is 0. The van der Waals surface area contributed by atoms with E-state index in [1.807, 2.05) is 12.1 Å². The summed E-state index contributed by atoms with van der Waals surface area (Å²) in [6, 6.07) is 5.42. The van der Waals surface area contributed by atoms with Crippen LogP contribution in [0.3, 0.4) is 0 Å². The quantitative estimate of drug-likeness (QED) is 0.792. The molecule has 0 spiro atoms. The van der Waals surface area contributed by atoms with E-state index in [2.05, 4.69) is 21.2 Å². The summed E-state index contributed by atoms with van der Waals surface area (Å²) >= 11 is 3.30. The maximum atomic E-state index is 9.55. The van der Waals surface area contributed by atoms with Crippen LogP contribution in [0.4, 0.5) is 0 Å². The number of hydrogen-bond acceptors (Lipinski definition) is 4. The molecule has 0 aliphatic carbocycles. The van der Waals surface area contributed by atoms with E-state index < -0.39 is 0 Å². The average molecular weight is 316 g/mol. The van der Waals surface area contributed by atoms with Gasteiger partial charge in [-0.3, -0.25) is 0 Å². The lowest BCUT2D eigenvalue weighted by molar-refractivity contribution is 0.0111. The van der Waals surface area contributed by atoms with Gasteiger partial charge in [-0.1, -0.05) is 6.07 Å². The van der Waals surface area contributed by atoms with Crippen molar-refractivity contribution in [1.29, 1.82) is 0 Å². The van der Waals surface area contributed by atoms with Crippen LogP contribution in [0.15, 0.2) is 22.7 Å². The van der Waals surface area contributed by atoms with Gasteiger partial charge in [0.05, 0.1) is 11.1 Å². The van der Waals surface area contributed by atoms with Crippen molar-refractivity contribution >= 4 is 15.9 Å². The van der Waals surface area contributed by atoms with E-state index in [0.717, 1.165) is 18.4 Å². The molecule has 0 saturated carbocycles. The lowest BCUT2D eigenvalue weighted by atomic mass is 9.91. The molecule has 0 radical (unpaired) electrons. The van der Waals surface area contributed by atoms with Crippen LogP contribution in [0.2, 0.25) is 0 Å². The molecule has 0 amide bonds. The summed E-state index contributed by atoms with van der Waals surface area (Å²) in [4.78, 5) is 0. The number of phenolic OH excluding ortho intramolecular Hbond substituents is 1. The molecule has 4 nitrogen and oxygen atoms in total. The van der Waals surface area contributed by atoms with Gasteiger partial charge in [0.2, 0.25) is 0 Å². The first kappa shape index (κ1) is 13.8. The molecule has 100 valence electrons. The second kappa shape index (κ2) is 6.02. The summed E-state index contributed by atoms with van der Waals surface area (Å²) in [5, 5.41) is 22.4. The minimum atomic E-state index is -0.234. The molecule has 3 N–H and O–H groups in total. The number of benzene rings is 1. The number of hydrogen-bond donors (Lipinski definition) is 3. The van der Waals surface area contributed by atoms with Crippen LogP contribution in [-0.2, 0) is 11.3 Å². The fourth-order valence-corrected chi connectivity index (χ4v) is 2.53. The smallest absolute Gasteiger partial charge is 0.129 e. The van der Waals surface area contributed by atoms with Gasteiger partial charge in [-0.05, 0) is 46.5 Å². The van der Waals surface area contributed by atoms with Crippen molar-refractivity contribution in [3.05, 3.63) is 28.2 Å². The van der Waals surface area contributed by atoms with Crippen LogP contribution in [0.1, 0.15) is 18.4 Å². The zero-order valence-corrected chi connectivity index (χ0v) is 11.7. The second-order valence-corrected chi connectivity index (χ2v) is 5.54. The van der Waals surface area contributed by atoms with Crippen LogP contribution in [0.25, 0.3) is 0 Å². The summed E-state index contributed by atoms with van der Waals surface area (Å²) in [6.07, 6.45) is 1.64. The minimum Gasteiger partial charge on any atom is -0.507 e. The first-order chi connectivity index (χ1) is 8.65. The van der Waals surface area contributed by atoms with Gasteiger partial charge < -0.3 is 20.3 Å². The fraction of sp³-hybridized carbons (Fsp3) is 0.538. The molecule has 1 aliphatic rings. The van der Waals surface area contributed by atoms with Crippen LogP contribution in [0, 0.1) is 0 Å². The summed E-state index contributed by atoms with van der Waals surface area (Å²) < 4.78 is 6.01. The third kappa shape index (κ3) is 3.23. The molecule has 0 atom stereocenters. The predicted molar refractivity (Wildman–Crippen MR) is 72.5 cm³/mol. The lowest BCUT2D eigenvalue weighted by Crippen LogP contribution is -2.51. The molecule has 1 aliphatic heterocycles. The van der Waals surface area contributed by atoms with Crippen LogP contribution < -0.4 is 5.32 Å². The molecule has 1 heterocycles. The van der Waals surface area contributed by atoms with Gasteiger partial charge in [0.15, 0.2) is 0 Å². The Bertz CT molecular complexity index is 405. The highest BCUT2D eigenvalue weighted by molar-refractivity contribution is 9.10.